The van der Waals surface area contributed by atoms with Crippen molar-refractivity contribution in [2.24, 2.45) is 0 Å². The van der Waals surface area contributed by atoms with Gasteiger partial charge < -0.3 is 15.4 Å². The third-order valence-electron chi connectivity index (χ3n) is 2.91. The molecule has 1 heterocycles. The minimum atomic E-state index is -4.17. The van der Waals surface area contributed by atoms with Crippen molar-refractivity contribution in [2.75, 3.05) is 10.5 Å². The molecule has 0 atom stereocenters. The molecular formula is C12H13N3O5S. The lowest BCUT2D eigenvalue weighted by Crippen LogP contribution is -2.17. The monoisotopic (exact) mass is 311 g/mol. The Morgan fingerprint density at radius 3 is 2.57 bits per heavy atom. The molecule has 4 N–H and O–H groups in total. The number of sulfonamides is 1. The quantitative estimate of drug-likeness (QED) is 0.725. The number of carbonyl (C=O) groups is 1. The van der Waals surface area contributed by atoms with Crippen molar-refractivity contribution in [3.63, 3.8) is 0 Å². The van der Waals surface area contributed by atoms with Gasteiger partial charge in [0, 0.05) is 11.3 Å². The highest BCUT2D eigenvalue weighted by molar-refractivity contribution is 7.92. The average molecular weight is 311 g/mol. The van der Waals surface area contributed by atoms with Gasteiger partial charge in [-0.2, -0.15) is 0 Å². The van der Waals surface area contributed by atoms with Crippen LogP contribution in [0.2, 0.25) is 0 Å². The molecule has 2 rings (SSSR count). The highest BCUT2D eigenvalue weighted by Gasteiger charge is 2.25. The standard InChI is InChI=1S/C12H13N3O5S/c1-6-7(2)14-20-11(6)15-21(18,19)10-5-8(13)3-4-9(10)12(16)17/h3-5,15H,13H2,1-2H3,(H,16,17). The fourth-order valence-corrected chi connectivity index (χ4v) is 2.91. The first-order valence-corrected chi connectivity index (χ1v) is 7.29. The van der Waals surface area contributed by atoms with Crippen LogP contribution in [0.3, 0.4) is 0 Å². The summed E-state index contributed by atoms with van der Waals surface area (Å²) in [5.74, 6) is -1.44. The van der Waals surface area contributed by atoms with Crippen LogP contribution >= 0.6 is 0 Å². The second kappa shape index (κ2) is 5.09. The van der Waals surface area contributed by atoms with Gasteiger partial charge in [-0.1, -0.05) is 5.16 Å². The predicted molar refractivity (Wildman–Crippen MR) is 74.6 cm³/mol. The fourth-order valence-electron chi connectivity index (χ4n) is 1.63. The Morgan fingerprint density at radius 2 is 2.05 bits per heavy atom. The Bertz CT molecular complexity index is 810. The Balaban J connectivity index is 2.52. The predicted octanol–water partition coefficient (Wildman–Crippen LogP) is 1.37. The highest BCUT2D eigenvalue weighted by atomic mass is 32.2. The zero-order valence-corrected chi connectivity index (χ0v) is 12.1. The smallest absolute Gasteiger partial charge is 0.337 e. The number of aromatic carboxylic acids is 1. The van der Waals surface area contributed by atoms with Crippen LogP contribution in [0.1, 0.15) is 21.6 Å². The van der Waals surface area contributed by atoms with Gasteiger partial charge in [0.25, 0.3) is 10.0 Å². The molecule has 1 aromatic heterocycles. The third-order valence-corrected chi connectivity index (χ3v) is 4.28. The van der Waals surface area contributed by atoms with E-state index in [0.29, 0.717) is 11.3 Å². The third kappa shape index (κ3) is 2.82. The molecule has 1 aromatic carbocycles. The van der Waals surface area contributed by atoms with Crippen molar-refractivity contribution in [1.29, 1.82) is 0 Å². The van der Waals surface area contributed by atoms with E-state index >= 15 is 0 Å². The van der Waals surface area contributed by atoms with Gasteiger partial charge in [-0.25, -0.2) is 17.9 Å². The zero-order valence-electron chi connectivity index (χ0n) is 11.2. The SMILES string of the molecule is Cc1noc(NS(=O)(=O)c2cc(N)ccc2C(=O)O)c1C. The molecule has 0 fully saturated rings. The van der Waals surface area contributed by atoms with Gasteiger partial charge in [0.1, 0.15) is 4.90 Å². The summed E-state index contributed by atoms with van der Waals surface area (Å²) in [6, 6.07) is 3.52. The molecule has 0 aliphatic carbocycles. The molecule has 0 spiro atoms. The Kier molecular flexibility index (Phi) is 3.60. The molecule has 112 valence electrons. The van der Waals surface area contributed by atoms with Crippen molar-refractivity contribution in [2.45, 2.75) is 18.7 Å². The molecule has 8 nitrogen and oxygen atoms in total. The summed E-state index contributed by atoms with van der Waals surface area (Å²) in [6.45, 7) is 3.28. The van der Waals surface area contributed by atoms with Crippen molar-refractivity contribution in [3.05, 3.63) is 35.0 Å². The fraction of sp³-hybridized carbons (Fsp3) is 0.167. The molecule has 9 heteroatoms. The van der Waals surface area contributed by atoms with E-state index in [0.717, 1.165) is 12.1 Å². The number of hydrogen-bond acceptors (Lipinski definition) is 6. The van der Waals surface area contributed by atoms with Gasteiger partial charge in [0.2, 0.25) is 5.88 Å². The summed E-state index contributed by atoms with van der Waals surface area (Å²) in [4.78, 5) is 10.7. The minimum absolute atomic E-state index is 0.0636. The number of benzene rings is 1. The molecule has 0 unspecified atom stereocenters. The van der Waals surface area contributed by atoms with Crippen LogP contribution in [0.4, 0.5) is 11.6 Å². The first-order chi connectivity index (χ1) is 9.72. The summed E-state index contributed by atoms with van der Waals surface area (Å²) in [5.41, 5.74) is 6.32. The second-order valence-corrected chi connectivity index (χ2v) is 6.04. The highest BCUT2D eigenvalue weighted by Crippen LogP contribution is 2.25. The normalized spacial score (nSPS) is 11.3. The van der Waals surface area contributed by atoms with Gasteiger partial charge in [-0.05, 0) is 32.0 Å². The van der Waals surface area contributed by atoms with Gasteiger partial charge in [-0.3, -0.25) is 0 Å². The van der Waals surface area contributed by atoms with Crippen LogP contribution in [-0.2, 0) is 10.0 Å². The summed E-state index contributed by atoms with van der Waals surface area (Å²) in [6.07, 6.45) is 0. The topological polar surface area (TPSA) is 136 Å². The molecule has 0 aliphatic rings. The molecule has 21 heavy (non-hydrogen) atoms. The Labute approximate surface area is 120 Å². The molecule has 0 aliphatic heterocycles. The zero-order chi connectivity index (χ0) is 15.8. The lowest BCUT2D eigenvalue weighted by Gasteiger charge is -2.09. The van der Waals surface area contributed by atoms with Crippen LogP contribution in [0.15, 0.2) is 27.6 Å². The number of hydrogen-bond donors (Lipinski definition) is 3. The maximum atomic E-state index is 12.3. The number of anilines is 2. The Morgan fingerprint density at radius 1 is 1.38 bits per heavy atom. The van der Waals surface area contributed by atoms with Crippen LogP contribution in [0.25, 0.3) is 0 Å². The summed E-state index contributed by atoms with van der Waals surface area (Å²) >= 11 is 0. The number of aryl methyl sites for hydroxylation is 1. The second-order valence-electron chi connectivity index (χ2n) is 4.39. The van der Waals surface area contributed by atoms with Crippen LogP contribution in [-0.4, -0.2) is 24.7 Å². The van der Waals surface area contributed by atoms with E-state index in [1.807, 2.05) is 0 Å². The first-order valence-electron chi connectivity index (χ1n) is 5.81. The average Bonchev–Trinajstić information content (AvgIpc) is 2.70. The van der Waals surface area contributed by atoms with E-state index < -0.39 is 20.9 Å². The van der Waals surface area contributed by atoms with E-state index in [2.05, 4.69) is 9.88 Å². The molecule has 0 saturated heterocycles. The maximum absolute atomic E-state index is 12.3. The molecule has 2 aromatic rings. The molecule has 0 saturated carbocycles. The van der Waals surface area contributed by atoms with Gasteiger partial charge in [0.05, 0.1) is 11.3 Å². The van der Waals surface area contributed by atoms with E-state index in [1.165, 1.54) is 6.07 Å². The molecule has 0 amide bonds. The van der Waals surface area contributed by atoms with Crippen LogP contribution < -0.4 is 10.5 Å². The van der Waals surface area contributed by atoms with E-state index in [-0.39, 0.29) is 17.1 Å². The maximum Gasteiger partial charge on any atom is 0.337 e. The lowest BCUT2D eigenvalue weighted by molar-refractivity contribution is 0.0692. The largest absolute Gasteiger partial charge is 0.478 e. The Hall–Kier alpha value is -2.55. The first kappa shape index (κ1) is 14.9. The number of nitrogens with one attached hydrogen (secondary N) is 1. The molecule has 0 radical (unpaired) electrons. The number of nitrogens with two attached hydrogens (primary N) is 1. The minimum Gasteiger partial charge on any atom is -0.478 e. The summed E-state index contributed by atoms with van der Waals surface area (Å²) in [7, 11) is -4.17. The summed E-state index contributed by atoms with van der Waals surface area (Å²) < 4.78 is 31.7. The van der Waals surface area contributed by atoms with Crippen LogP contribution in [0, 0.1) is 13.8 Å². The van der Waals surface area contributed by atoms with Crippen LogP contribution in [0.5, 0.6) is 0 Å². The number of aromatic nitrogens is 1. The van der Waals surface area contributed by atoms with E-state index in [1.54, 1.807) is 13.8 Å². The van der Waals surface area contributed by atoms with Gasteiger partial charge >= 0.3 is 5.97 Å². The lowest BCUT2D eigenvalue weighted by atomic mass is 10.2. The van der Waals surface area contributed by atoms with E-state index in [4.69, 9.17) is 15.4 Å². The number of nitrogens with zero attached hydrogens (tertiary/aromatic N) is 1. The van der Waals surface area contributed by atoms with Crippen molar-refractivity contribution >= 4 is 27.6 Å². The number of carboxylic acid groups (broad SMARTS) is 1. The van der Waals surface area contributed by atoms with Gasteiger partial charge in [0.15, 0.2) is 0 Å². The van der Waals surface area contributed by atoms with Crippen molar-refractivity contribution in [3.8, 4) is 0 Å². The number of carboxylic acids is 1. The molecule has 0 bridgehead atoms. The van der Waals surface area contributed by atoms with Crippen molar-refractivity contribution < 1.29 is 22.8 Å². The number of nitrogen functional groups attached to an aromatic ring is 1. The molecular weight excluding hydrogens is 298 g/mol. The van der Waals surface area contributed by atoms with E-state index in [9.17, 15) is 13.2 Å². The summed E-state index contributed by atoms with van der Waals surface area (Å²) in [5, 5.41) is 12.7. The number of rotatable bonds is 4. The van der Waals surface area contributed by atoms with Crippen molar-refractivity contribution in [1.82, 2.24) is 5.16 Å². The van der Waals surface area contributed by atoms with Gasteiger partial charge in [-0.15, -0.1) is 0 Å².